The van der Waals surface area contributed by atoms with Crippen molar-refractivity contribution in [3.8, 4) is 0 Å². The number of hydrogen-bond donors (Lipinski definition) is 1. The van der Waals surface area contributed by atoms with Crippen LogP contribution >= 0.6 is 11.3 Å². The lowest BCUT2D eigenvalue weighted by Gasteiger charge is -2.27. The van der Waals surface area contributed by atoms with Crippen molar-refractivity contribution in [2.24, 2.45) is 5.41 Å². The molecule has 0 saturated heterocycles. The first-order chi connectivity index (χ1) is 9.47. The lowest BCUT2D eigenvalue weighted by Crippen LogP contribution is -2.24. The van der Waals surface area contributed by atoms with Gasteiger partial charge in [0, 0.05) is 24.4 Å². The maximum atomic E-state index is 5.73. The molecule has 3 nitrogen and oxygen atoms in total. The van der Waals surface area contributed by atoms with E-state index in [4.69, 9.17) is 9.72 Å². The normalized spacial score (nSPS) is 20.8. The first kappa shape index (κ1) is 15.9. The summed E-state index contributed by atoms with van der Waals surface area (Å²) in [5.41, 5.74) is 1.43. The van der Waals surface area contributed by atoms with Crippen LogP contribution < -0.4 is 5.32 Å². The highest BCUT2D eigenvalue weighted by Gasteiger charge is 2.32. The number of ether oxygens (including phenoxy) is 1. The molecule has 1 aliphatic carbocycles. The zero-order valence-electron chi connectivity index (χ0n) is 13.5. The maximum absolute atomic E-state index is 5.73. The number of nitrogens with one attached hydrogen (secondary N) is 1. The summed E-state index contributed by atoms with van der Waals surface area (Å²) in [7, 11) is 1.80. The van der Waals surface area contributed by atoms with Crippen LogP contribution in [0.3, 0.4) is 0 Å². The second-order valence-corrected chi connectivity index (χ2v) is 7.85. The number of aromatic nitrogens is 1. The first-order valence-electron chi connectivity index (χ1n) is 7.70. The van der Waals surface area contributed by atoms with Crippen LogP contribution in [0.4, 0.5) is 0 Å². The van der Waals surface area contributed by atoms with E-state index in [-0.39, 0.29) is 11.5 Å². The number of thiazole rings is 1. The molecule has 0 spiro atoms. The summed E-state index contributed by atoms with van der Waals surface area (Å²) < 4.78 is 5.73. The largest absolute Gasteiger partial charge is 0.374 e. The van der Waals surface area contributed by atoms with Crippen LogP contribution in [0.2, 0.25) is 0 Å². The third-order valence-electron chi connectivity index (χ3n) is 3.97. The fourth-order valence-corrected chi connectivity index (χ4v) is 4.50. The summed E-state index contributed by atoms with van der Waals surface area (Å²) >= 11 is 1.87. The maximum Gasteiger partial charge on any atom is 0.123 e. The number of hydrogen-bond acceptors (Lipinski definition) is 4. The van der Waals surface area contributed by atoms with Crippen LogP contribution in [-0.2, 0) is 11.2 Å². The molecule has 0 aliphatic heterocycles. The number of fused-ring (bicyclic) bond motifs is 1. The molecule has 0 bridgehead atoms. The van der Waals surface area contributed by atoms with Crippen molar-refractivity contribution in [2.75, 3.05) is 20.2 Å². The van der Waals surface area contributed by atoms with Crippen molar-refractivity contribution in [1.29, 1.82) is 0 Å². The quantitative estimate of drug-likeness (QED) is 0.894. The van der Waals surface area contributed by atoms with Crippen LogP contribution in [0.5, 0.6) is 0 Å². The van der Waals surface area contributed by atoms with E-state index in [0.29, 0.717) is 5.92 Å². The van der Waals surface area contributed by atoms with E-state index >= 15 is 0 Å². The van der Waals surface area contributed by atoms with Gasteiger partial charge in [-0.2, -0.15) is 0 Å². The summed E-state index contributed by atoms with van der Waals surface area (Å²) in [5, 5.41) is 4.64. The van der Waals surface area contributed by atoms with Gasteiger partial charge in [-0.15, -0.1) is 11.3 Å². The summed E-state index contributed by atoms with van der Waals surface area (Å²) in [5.74, 6) is 0.584. The molecule has 2 unspecified atom stereocenters. The van der Waals surface area contributed by atoms with Gasteiger partial charge in [-0.3, -0.25) is 0 Å². The molecule has 0 saturated carbocycles. The van der Waals surface area contributed by atoms with Gasteiger partial charge in [0.15, 0.2) is 0 Å². The van der Waals surface area contributed by atoms with E-state index in [1.807, 2.05) is 11.3 Å². The average Bonchev–Trinajstić information content (AvgIpc) is 2.79. The summed E-state index contributed by atoms with van der Waals surface area (Å²) in [4.78, 5) is 6.46. The molecule has 1 N–H and O–H groups in total. The summed E-state index contributed by atoms with van der Waals surface area (Å²) in [6.45, 7) is 10.9. The average molecular weight is 296 g/mol. The molecule has 1 aromatic heterocycles. The van der Waals surface area contributed by atoms with Crippen LogP contribution in [0.25, 0.3) is 0 Å². The lowest BCUT2D eigenvalue weighted by atomic mass is 9.89. The Labute approximate surface area is 127 Å². The molecule has 114 valence electrons. The fraction of sp³-hybridized carbons (Fsp3) is 0.812. The molecule has 2 rings (SSSR count). The van der Waals surface area contributed by atoms with Gasteiger partial charge in [0.1, 0.15) is 11.1 Å². The molecular weight excluding hydrogens is 268 g/mol. The smallest absolute Gasteiger partial charge is 0.123 e. The highest BCUT2D eigenvalue weighted by atomic mass is 32.1. The zero-order valence-corrected chi connectivity index (χ0v) is 14.3. The molecule has 1 heterocycles. The molecule has 0 fully saturated rings. The molecule has 0 amide bonds. The molecular formula is C16H28N2OS. The fourth-order valence-electron chi connectivity index (χ4n) is 2.98. The van der Waals surface area contributed by atoms with Crippen LogP contribution in [0.15, 0.2) is 0 Å². The molecule has 20 heavy (non-hydrogen) atoms. The van der Waals surface area contributed by atoms with Gasteiger partial charge in [0.05, 0.1) is 5.69 Å². The molecule has 4 heteroatoms. The first-order valence-corrected chi connectivity index (χ1v) is 8.52. The third kappa shape index (κ3) is 3.41. The van der Waals surface area contributed by atoms with Crippen molar-refractivity contribution >= 4 is 11.3 Å². The summed E-state index contributed by atoms with van der Waals surface area (Å²) in [6, 6.07) is 0. The van der Waals surface area contributed by atoms with Crippen molar-refractivity contribution in [1.82, 2.24) is 10.3 Å². The van der Waals surface area contributed by atoms with Gasteiger partial charge in [-0.25, -0.2) is 4.98 Å². The summed E-state index contributed by atoms with van der Waals surface area (Å²) in [6.07, 6.45) is 3.84. The predicted octanol–water partition coefficient (Wildman–Crippen LogP) is 3.91. The number of nitrogens with zero attached hydrogens (tertiary/aromatic N) is 1. The van der Waals surface area contributed by atoms with Gasteiger partial charge in [-0.1, -0.05) is 27.7 Å². The Bertz CT molecular complexity index is 436. The molecule has 2 atom stereocenters. The van der Waals surface area contributed by atoms with Crippen molar-refractivity contribution in [3.05, 3.63) is 15.6 Å². The Morgan fingerprint density at radius 3 is 2.80 bits per heavy atom. The Hall–Kier alpha value is -0.450. The van der Waals surface area contributed by atoms with Crippen molar-refractivity contribution in [3.63, 3.8) is 0 Å². The Kier molecular flexibility index (Phi) is 5.21. The van der Waals surface area contributed by atoms with Crippen LogP contribution in [-0.4, -0.2) is 25.2 Å². The van der Waals surface area contributed by atoms with Crippen LogP contribution in [0.1, 0.15) is 68.1 Å². The van der Waals surface area contributed by atoms with Gasteiger partial charge in [0.2, 0.25) is 0 Å². The molecule has 0 aromatic carbocycles. The number of aryl methyl sites for hydroxylation is 1. The van der Waals surface area contributed by atoms with E-state index in [1.54, 1.807) is 7.11 Å². The Balaban J connectivity index is 2.24. The van der Waals surface area contributed by atoms with E-state index in [0.717, 1.165) is 18.1 Å². The van der Waals surface area contributed by atoms with E-state index in [9.17, 15) is 0 Å². The monoisotopic (exact) mass is 296 g/mol. The second kappa shape index (κ2) is 6.54. The third-order valence-corrected chi connectivity index (χ3v) is 5.15. The van der Waals surface area contributed by atoms with Gasteiger partial charge in [-0.05, 0) is 31.2 Å². The Morgan fingerprint density at radius 1 is 1.45 bits per heavy atom. The van der Waals surface area contributed by atoms with Crippen molar-refractivity contribution < 1.29 is 4.74 Å². The zero-order chi connectivity index (χ0) is 14.8. The van der Waals surface area contributed by atoms with Crippen LogP contribution in [0, 0.1) is 5.41 Å². The predicted molar refractivity (Wildman–Crippen MR) is 85.5 cm³/mol. The Morgan fingerprint density at radius 2 is 2.20 bits per heavy atom. The topological polar surface area (TPSA) is 34.1 Å². The number of methoxy groups -OCH3 is 1. The van der Waals surface area contributed by atoms with E-state index in [2.05, 4.69) is 33.0 Å². The number of rotatable bonds is 5. The van der Waals surface area contributed by atoms with E-state index < -0.39 is 0 Å². The minimum atomic E-state index is 0.0896. The highest BCUT2D eigenvalue weighted by molar-refractivity contribution is 7.11. The van der Waals surface area contributed by atoms with E-state index in [1.165, 1.54) is 29.8 Å². The minimum absolute atomic E-state index is 0.0896. The van der Waals surface area contributed by atoms with Crippen molar-refractivity contribution in [2.45, 2.75) is 59.0 Å². The van der Waals surface area contributed by atoms with Gasteiger partial charge < -0.3 is 10.1 Å². The minimum Gasteiger partial charge on any atom is -0.374 e. The molecule has 1 aliphatic rings. The van der Waals surface area contributed by atoms with Gasteiger partial charge in [0.25, 0.3) is 0 Å². The second-order valence-electron chi connectivity index (χ2n) is 6.74. The SMILES string of the molecule is CCNCC1CCCc2sc(C(OC)C(C)(C)C)nc21. The standard InChI is InChI=1S/C16H28N2OS/c1-6-17-10-11-8-7-9-12-13(11)18-15(20-12)14(19-5)16(2,3)4/h11,14,17H,6-10H2,1-5H3. The molecule has 0 radical (unpaired) electrons. The molecule has 1 aromatic rings. The lowest BCUT2D eigenvalue weighted by molar-refractivity contribution is 0.0149. The van der Waals surface area contributed by atoms with Gasteiger partial charge >= 0.3 is 0 Å². The highest BCUT2D eigenvalue weighted by Crippen LogP contribution is 2.42. The number of likely N-dealkylation sites (N-methyl/N-ethyl adjacent to an activating group) is 1.